The SMILES string of the molecule is Cn1cc(-c2cccc(CS(=O)(=O)c3cccc(Cl)c3)c2Cl)c2c(N)ncnc21. The Labute approximate surface area is 177 Å². The van der Waals surface area contributed by atoms with E-state index in [9.17, 15) is 8.42 Å². The summed E-state index contributed by atoms with van der Waals surface area (Å²) in [6.45, 7) is 0. The lowest BCUT2D eigenvalue weighted by Crippen LogP contribution is -2.05. The van der Waals surface area contributed by atoms with E-state index in [0.29, 0.717) is 38.0 Å². The summed E-state index contributed by atoms with van der Waals surface area (Å²) in [5, 5.41) is 1.37. The lowest BCUT2D eigenvalue weighted by atomic mass is 10.0. The summed E-state index contributed by atoms with van der Waals surface area (Å²) < 4.78 is 27.6. The predicted octanol–water partition coefficient (Wildman–Crippen LogP) is 4.50. The Morgan fingerprint density at radius 3 is 2.59 bits per heavy atom. The van der Waals surface area contributed by atoms with Gasteiger partial charge in [0.05, 0.1) is 21.1 Å². The highest BCUT2D eigenvalue weighted by atomic mass is 35.5. The highest BCUT2D eigenvalue weighted by Crippen LogP contribution is 2.38. The van der Waals surface area contributed by atoms with E-state index in [-0.39, 0.29) is 10.6 Å². The third-order valence-corrected chi connectivity index (χ3v) is 7.00. The third-order valence-electron chi connectivity index (χ3n) is 4.65. The van der Waals surface area contributed by atoms with Crippen LogP contribution in [0.2, 0.25) is 10.0 Å². The fourth-order valence-electron chi connectivity index (χ4n) is 3.29. The summed E-state index contributed by atoms with van der Waals surface area (Å²) in [6.07, 6.45) is 3.25. The lowest BCUT2D eigenvalue weighted by Gasteiger charge is -2.11. The van der Waals surface area contributed by atoms with Crippen LogP contribution in [-0.4, -0.2) is 23.0 Å². The molecular weight excluding hydrogens is 431 g/mol. The first-order valence-electron chi connectivity index (χ1n) is 8.59. The van der Waals surface area contributed by atoms with Crippen molar-refractivity contribution < 1.29 is 8.42 Å². The molecule has 2 aromatic heterocycles. The maximum atomic E-state index is 12.9. The van der Waals surface area contributed by atoms with Gasteiger partial charge < -0.3 is 10.3 Å². The average Bonchev–Trinajstić information content (AvgIpc) is 3.01. The summed E-state index contributed by atoms with van der Waals surface area (Å²) >= 11 is 12.6. The quantitative estimate of drug-likeness (QED) is 0.498. The number of rotatable bonds is 4. The minimum atomic E-state index is -3.63. The largest absolute Gasteiger partial charge is 0.383 e. The van der Waals surface area contributed by atoms with Crippen molar-refractivity contribution in [3.05, 3.63) is 70.6 Å². The first-order valence-corrected chi connectivity index (χ1v) is 11.0. The molecule has 0 unspecified atom stereocenters. The molecule has 0 aliphatic carbocycles. The van der Waals surface area contributed by atoms with E-state index < -0.39 is 9.84 Å². The van der Waals surface area contributed by atoms with Gasteiger partial charge in [0.1, 0.15) is 17.8 Å². The van der Waals surface area contributed by atoms with Crippen molar-refractivity contribution in [1.82, 2.24) is 14.5 Å². The molecule has 29 heavy (non-hydrogen) atoms. The van der Waals surface area contributed by atoms with Crippen LogP contribution in [0.3, 0.4) is 0 Å². The highest BCUT2D eigenvalue weighted by Gasteiger charge is 2.21. The molecule has 2 heterocycles. The maximum Gasteiger partial charge on any atom is 0.182 e. The van der Waals surface area contributed by atoms with Crippen molar-refractivity contribution in [2.24, 2.45) is 7.05 Å². The van der Waals surface area contributed by atoms with Gasteiger partial charge >= 0.3 is 0 Å². The first kappa shape index (κ1) is 19.7. The van der Waals surface area contributed by atoms with Gasteiger partial charge in [-0.3, -0.25) is 0 Å². The Hall–Kier alpha value is -2.61. The minimum Gasteiger partial charge on any atom is -0.383 e. The van der Waals surface area contributed by atoms with E-state index in [1.54, 1.807) is 24.3 Å². The Balaban J connectivity index is 1.82. The molecule has 0 spiro atoms. The fourth-order valence-corrected chi connectivity index (χ4v) is 5.32. The molecule has 4 aromatic rings. The number of hydrogen-bond acceptors (Lipinski definition) is 5. The summed E-state index contributed by atoms with van der Waals surface area (Å²) in [7, 11) is -1.78. The number of fused-ring (bicyclic) bond motifs is 1. The molecule has 2 aromatic carbocycles. The second-order valence-corrected chi connectivity index (χ2v) is 9.41. The smallest absolute Gasteiger partial charge is 0.182 e. The van der Waals surface area contributed by atoms with Gasteiger partial charge in [0.15, 0.2) is 9.84 Å². The van der Waals surface area contributed by atoms with Crippen LogP contribution in [0, 0.1) is 0 Å². The zero-order valence-corrected chi connectivity index (χ0v) is 17.6. The molecule has 2 N–H and O–H groups in total. The van der Waals surface area contributed by atoms with Gasteiger partial charge in [-0.05, 0) is 23.8 Å². The van der Waals surface area contributed by atoms with Crippen molar-refractivity contribution in [1.29, 1.82) is 0 Å². The minimum absolute atomic E-state index is 0.147. The summed E-state index contributed by atoms with van der Waals surface area (Å²) in [5.74, 6) is 0.0788. The Morgan fingerprint density at radius 1 is 1.07 bits per heavy atom. The topological polar surface area (TPSA) is 90.9 Å². The summed E-state index contributed by atoms with van der Waals surface area (Å²) in [5.41, 5.74) is 8.63. The molecule has 0 amide bonds. The Kier molecular flexibility index (Phi) is 4.98. The predicted molar refractivity (Wildman–Crippen MR) is 116 cm³/mol. The molecule has 0 aliphatic heterocycles. The molecule has 0 atom stereocenters. The molecule has 0 saturated heterocycles. The number of hydrogen-bond donors (Lipinski definition) is 1. The number of benzene rings is 2. The number of aryl methyl sites for hydroxylation is 1. The van der Waals surface area contributed by atoms with Crippen molar-refractivity contribution in [2.45, 2.75) is 10.6 Å². The van der Waals surface area contributed by atoms with Crippen molar-refractivity contribution in [2.75, 3.05) is 5.73 Å². The number of nitrogens with two attached hydrogens (primary N) is 1. The van der Waals surface area contributed by atoms with Crippen LogP contribution >= 0.6 is 23.2 Å². The van der Waals surface area contributed by atoms with Gasteiger partial charge in [0.25, 0.3) is 0 Å². The fraction of sp³-hybridized carbons (Fsp3) is 0.100. The zero-order valence-electron chi connectivity index (χ0n) is 15.3. The monoisotopic (exact) mass is 446 g/mol. The molecule has 0 radical (unpaired) electrons. The molecule has 0 fully saturated rings. The Bertz CT molecular complexity index is 1350. The van der Waals surface area contributed by atoms with Gasteiger partial charge in [0, 0.05) is 29.4 Å². The normalized spacial score (nSPS) is 11.8. The van der Waals surface area contributed by atoms with Crippen LogP contribution in [0.25, 0.3) is 22.2 Å². The van der Waals surface area contributed by atoms with E-state index in [1.807, 2.05) is 23.9 Å². The van der Waals surface area contributed by atoms with Crippen molar-refractivity contribution in [3.8, 4) is 11.1 Å². The Morgan fingerprint density at radius 2 is 1.83 bits per heavy atom. The van der Waals surface area contributed by atoms with Crippen LogP contribution in [-0.2, 0) is 22.6 Å². The van der Waals surface area contributed by atoms with E-state index in [0.717, 1.165) is 5.56 Å². The molecular formula is C20H16Cl2N4O2S. The van der Waals surface area contributed by atoms with Crippen LogP contribution < -0.4 is 5.73 Å². The molecule has 0 bridgehead atoms. The molecule has 9 heteroatoms. The van der Waals surface area contributed by atoms with E-state index >= 15 is 0 Å². The van der Waals surface area contributed by atoms with Crippen molar-refractivity contribution in [3.63, 3.8) is 0 Å². The van der Waals surface area contributed by atoms with Crippen LogP contribution in [0.1, 0.15) is 5.56 Å². The number of anilines is 1. The van der Waals surface area contributed by atoms with Gasteiger partial charge in [-0.2, -0.15) is 0 Å². The first-order chi connectivity index (χ1) is 13.8. The lowest BCUT2D eigenvalue weighted by molar-refractivity contribution is 0.595. The number of aromatic nitrogens is 3. The van der Waals surface area contributed by atoms with Crippen LogP contribution in [0.4, 0.5) is 5.82 Å². The standard InChI is InChI=1S/C20H16Cl2N4O2S/c1-26-9-16(17-19(23)24-11-25-20(17)26)15-7-2-4-12(18(15)22)10-29(27,28)14-6-3-5-13(21)8-14/h2-9,11H,10H2,1H3,(H2,23,24,25). The maximum absolute atomic E-state index is 12.9. The number of nitrogen functional groups attached to an aromatic ring is 1. The molecule has 6 nitrogen and oxygen atoms in total. The van der Waals surface area contributed by atoms with Crippen LogP contribution in [0.15, 0.2) is 59.9 Å². The van der Waals surface area contributed by atoms with Gasteiger partial charge in [0.2, 0.25) is 0 Å². The van der Waals surface area contributed by atoms with Gasteiger partial charge in [-0.25, -0.2) is 18.4 Å². The molecule has 0 aliphatic rings. The van der Waals surface area contributed by atoms with Gasteiger partial charge in [-0.1, -0.05) is 47.5 Å². The average molecular weight is 447 g/mol. The molecule has 148 valence electrons. The number of nitrogens with zero attached hydrogens (tertiary/aromatic N) is 3. The number of halogens is 2. The van der Waals surface area contributed by atoms with Crippen molar-refractivity contribution >= 4 is 49.9 Å². The zero-order chi connectivity index (χ0) is 20.8. The van der Waals surface area contributed by atoms with Crippen LogP contribution in [0.5, 0.6) is 0 Å². The molecule has 0 saturated carbocycles. The van der Waals surface area contributed by atoms with E-state index in [2.05, 4.69) is 9.97 Å². The second-order valence-electron chi connectivity index (χ2n) is 6.61. The third kappa shape index (κ3) is 3.57. The van der Waals surface area contributed by atoms with Gasteiger partial charge in [-0.15, -0.1) is 0 Å². The second kappa shape index (κ2) is 7.33. The van der Waals surface area contributed by atoms with E-state index in [1.165, 1.54) is 18.5 Å². The number of sulfone groups is 1. The highest BCUT2D eigenvalue weighted by molar-refractivity contribution is 7.90. The van der Waals surface area contributed by atoms with E-state index in [4.69, 9.17) is 28.9 Å². The summed E-state index contributed by atoms with van der Waals surface area (Å²) in [6, 6.07) is 11.5. The molecule has 4 rings (SSSR count). The summed E-state index contributed by atoms with van der Waals surface area (Å²) in [4.78, 5) is 8.48.